The van der Waals surface area contributed by atoms with Gasteiger partial charge in [-0.2, -0.15) is 0 Å². The van der Waals surface area contributed by atoms with E-state index in [0.29, 0.717) is 5.92 Å². The average molecular weight is 356 g/mol. The maximum atomic E-state index is 5.72. The molecule has 0 saturated carbocycles. The Morgan fingerprint density at radius 1 is 1.20 bits per heavy atom. The smallest absolute Gasteiger partial charge is 0.191 e. The highest BCUT2D eigenvalue weighted by atomic mass is 16.5. The normalized spacial score (nSPS) is 23.6. The van der Waals surface area contributed by atoms with Crippen LogP contribution in [0.2, 0.25) is 0 Å². The van der Waals surface area contributed by atoms with Crippen LogP contribution in [0.5, 0.6) is 0 Å². The second-order valence-electron chi connectivity index (χ2n) is 7.08. The molecule has 0 aromatic heterocycles. The van der Waals surface area contributed by atoms with Crippen molar-refractivity contribution >= 4 is 5.96 Å². The van der Waals surface area contributed by atoms with Crippen LogP contribution in [0, 0.1) is 5.92 Å². The van der Waals surface area contributed by atoms with E-state index in [1.807, 2.05) is 7.05 Å². The Morgan fingerprint density at radius 2 is 2.08 bits per heavy atom. The first-order chi connectivity index (χ1) is 12.3. The molecule has 2 saturated heterocycles. The van der Waals surface area contributed by atoms with Crippen LogP contribution in [0.4, 0.5) is 0 Å². The molecule has 0 aromatic carbocycles. The van der Waals surface area contributed by atoms with Crippen LogP contribution in [0.1, 0.15) is 19.3 Å². The van der Waals surface area contributed by atoms with Crippen LogP contribution in [0.15, 0.2) is 4.99 Å². The molecule has 2 N–H and O–H groups in total. The number of hydrogen-bond acceptors (Lipinski definition) is 5. The molecule has 7 heteroatoms. The Labute approximate surface area is 153 Å². The number of ether oxygens (including phenoxy) is 2. The number of nitrogens with one attached hydrogen (secondary N) is 2. The van der Waals surface area contributed by atoms with Gasteiger partial charge in [-0.25, -0.2) is 0 Å². The van der Waals surface area contributed by atoms with E-state index in [-0.39, 0.29) is 0 Å². The van der Waals surface area contributed by atoms with Gasteiger partial charge < -0.3 is 29.9 Å². The van der Waals surface area contributed by atoms with Crippen molar-refractivity contribution in [1.82, 2.24) is 20.4 Å². The molecule has 0 aliphatic carbocycles. The van der Waals surface area contributed by atoms with Crippen LogP contribution in [0.25, 0.3) is 0 Å². The third-order valence-electron chi connectivity index (χ3n) is 4.89. The molecule has 0 spiro atoms. The zero-order valence-electron chi connectivity index (χ0n) is 16.1. The van der Waals surface area contributed by atoms with Gasteiger partial charge in [-0.1, -0.05) is 0 Å². The molecule has 2 heterocycles. The van der Waals surface area contributed by atoms with Gasteiger partial charge in [0, 0.05) is 58.9 Å². The predicted octanol–water partition coefficient (Wildman–Crippen LogP) is 0.232. The first-order valence-electron chi connectivity index (χ1n) is 9.79. The Bertz CT molecular complexity index is 374. The average Bonchev–Trinajstić information content (AvgIpc) is 3.05. The lowest BCUT2D eigenvalue weighted by Crippen LogP contribution is -2.42. The largest absolute Gasteiger partial charge is 0.381 e. The highest BCUT2D eigenvalue weighted by Gasteiger charge is 2.15. The fraction of sp³-hybridized carbons (Fsp3) is 0.944. The second kappa shape index (κ2) is 12.5. The highest BCUT2D eigenvalue weighted by Crippen LogP contribution is 2.12. The predicted molar refractivity (Wildman–Crippen MR) is 102 cm³/mol. The monoisotopic (exact) mass is 355 g/mol. The highest BCUT2D eigenvalue weighted by molar-refractivity contribution is 5.79. The lowest BCUT2D eigenvalue weighted by Gasteiger charge is -2.21. The Morgan fingerprint density at radius 3 is 2.88 bits per heavy atom. The molecule has 0 aromatic rings. The molecule has 1 unspecified atom stereocenters. The van der Waals surface area contributed by atoms with Crippen LogP contribution < -0.4 is 10.6 Å². The summed E-state index contributed by atoms with van der Waals surface area (Å²) in [6.07, 6.45) is 3.39. The zero-order chi connectivity index (χ0) is 17.7. The minimum absolute atomic E-state index is 0.598. The number of likely N-dealkylation sites (N-methyl/N-ethyl adjacent to an activating group) is 1. The van der Waals surface area contributed by atoms with Crippen LogP contribution in [0.3, 0.4) is 0 Å². The zero-order valence-corrected chi connectivity index (χ0v) is 16.1. The van der Waals surface area contributed by atoms with Gasteiger partial charge in [0.1, 0.15) is 0 Å². The SMILES string of the molecule is CN=C(NCCCOCC1CCOC1)NCCN1CCCN(C)CC1. The van der Waals surface area contributed by atoms with Crippen LogP contribution in [-0.2, 0) is 9.47 Å². The van der Waals surface area contributed by atoms with Crippen molar-refractivity contribution in [3.63, 3.8) is 0 Å². The standard InChI is InChI=1S/C18H37N5O2/c1-19-18(20-6-3-13-24-15-17-5-14-25-16-17)21-7-10-23-9-4-8-22(2)11-12-23/h17H,3-16H2,1-2H3,(H2,19,20,21). The number of guanidine groups is 1. The molecule has 2 fully saturated rings. The van der Waals surface area contributed by atoms with E-state index in [1.54, 1.807) is 0 Å². The van der Waals surface area contributed by atoms with Crippen molar-refractivity contribution < 1.29 is 9.47 Å². The van der Waals surface area contributed by atoms with Crippen molar-refractivity contribution in [2.24, 2.45) is 10.9 Å². The summed E-state index contributed by atoms with van der Waals surface area (Å²) in [5.74, 6) is 1.48. The Balaban J connectivity index is 1.46. The molecule has 25 heavy (non-hydrogen) atoms. The maximum absolute atomic E-state index is 5.72. The lowest BCUT2D eigenvalue weighted by molar-refractivity contribution is 0.0888. The molecule has 2 rings (SSSR count). The van der Waals surface area contributed by atoms with E-state index in [2.05, 4.69) is 32.5 Å². The summed E-state index contributed by atoms with van der Waals surface area (Å²) in [6.45, 7) is 11.0. The minimum atomic E-state index is 0.598. The number of nitrogens with zero attached hydrogens (tertiary/aromatic N) is 3. The lowest BCUT2D eigenvalue weighted by atomic mass is 10.1. The van der Waals surface area contributed by atoms with E-state index >= 15 is 0 Å². The van der Waals surface area contributed by atoms with Gasteiger partial charge in [0.2, 0.25) is 0 Å². The molecule has 0 bridgehead atoms. The molecule has 146 valence electrons. The summed E-state index contributed by atoms with van der Waals surface area (Å²) in [7, 11) is 4.03. The summed E-state index contributed by atoms with van der Waals surface area (Å²) in [5, 5.41) is 6.77. The van der Waals surface area contributed by atoms with Gasteiger partial charge in [0.15, 0.2) is 5.96 Å². The molecule has 7 nitrogen and oxygen atoms in total. The van der Waals surface area contributed by atoms with Crippen LogP contribution >= 0.6 is 0 Å². The van der Waals surface area contributed by atoms with E-state index in [1.165, 1.54) is 26.1 Å². The van der Waals surface area contributed by atoms with Gasteiger partial charge in [0.05, 0.1) is 13.2 Å². The maximum Gasteiger partial charge on any atom is 0.191 e. The van der Waals surface area contributed by atoms with Gasteiger partial charge >= 0.3 is 0 Å². The third-order valence-corrected chi connectivity index (χ3v) is 4.89. The van der Waals surface area contributed by atoms with E-state index < -0.39 is 0 Å². The second-order valence-corrected chi connectivity index (χ2v) is 7.08. The molecular formula is C18H37N5O2. The van der Waals surface area contributed by atoms with Crippen molar-refractivity contribution in [3.8, 4) is 0 Å². The van der Waals surface area contributed by atoms with Crippen molar-refractivity contribution in [3.05, 3.63) is 0 Å². The first-order valence-corrected chi connectivity index (χ1v) is 9.79. The van der Waals surface area contributed by atoms with Gasteiger partial charge in [0.25, 0.3) is 0 Å². The quantitative estimate of drug-likeness (QED) is 0.351. The Hall–Kier alpha value is -0.890. The minimum Gasteiger partial charge on any atom is -0.381 e. The molecule has 0 amide bonds. The number of hydrogen-bond donors (Lipinski definition) is 2. The summed E-state index contributed by atoms with van der Waals surface area (Å²) in [6, 6.07) is 0. The third kappa shape index (κ3) is 8.85. The molecule has 2 aliphatic heterocycles. The molecule has 2 aliphatic rings. The summed E-state index contributed by atoms with van der Waals surface area (Å²) in [4.78, 5) is 9.24. The first kappa shape index (κ1) is 20.4. The van der Waals surface area contributed by atoms with Crippen molar-refractivity contribution in [2.75, 3.05) is 86.3 Å². The number of rotatable bonds is 9. The Kier molecular flexibility index (Phi) is 10.2. The fourth-order valence-corrected chi connectivity index (χ4v) is 3.22. The summed E-state index contributed by atoms with van der Waals surface area (Å²) < 4.78 is 11.1. The molecule has 0 radical (unpaired) electrons. The van der Waals surface area contributed by atoms with E-state index in [4.69, 9.17) is 9.47 Å². The van der Waals surface area contributed by atoms with Gasteiger partial charge in [-0.3, -0.25) is 4.99 Å². The topological polar surface area (TPSA) is 61.4 Å². The number of aliphatic imine (C=N–C) groups is 1. The van der Waals surface area contributed by atoms with Crippen molar-refractivity contribution in [1.29, 1.82) is 0 Å². The molecular weight excluding hydrogens is 318 g/mol. The molecule has 1 atom stereocenters. The fourth-order valence-electron chi connectivity index (χ4n) is 3.22. The van der Waals surface area contributed by atoms with E-state index in [9.17, 15) is 0 Å². The summed E-state index contributed by atoms with van der Waals surface area (Å²) >= 11 is 0. The van der Waals surface area contributed by atoms with Gasteiger partial charge in [-0.15, -0.1) is 0 Å². The van der Waals surface area contributed by atoms with Gasteiger partial charge in [-0.05, 0) is 39.4 Å². The van der Waals surface area contributed by atoms with Crippen LogP contribution in [-0.4, -0.2) is 102 Å². The summed E-state index contributed by atoms with van der Waals surface area (Å²) in [5.41, 5.74) is 0. The van der Waals surface area contributed by atoms with E-state index in [0.717, 1.165) is 71.4 Å². The van der Waals surface area contributed by atoms with Crippen molar-refractivity contribution in [2.45, 2.75) is 19.3 Å².